The van der Waals surface area contributed by atoms with Crippen LogP contribution >= 0.6 is 0 Å². The Balaban J connectivity index is 1.43. The number of carbonyl (C=O) groups is 2. The average Bonchev–Trinajstić information content (AvgIpc) is 2.71. The maximum absolute atomic E-state index is 12.3. The Morgan fingerprint density at radius 3 is 2.77 bits per heavy atom. The van der Waals surface area contributed by atoms with Crippen molar-refractivity contribution in [1.29, 1.82) is 0 Å². The predicted octanol–water partition coefficient (Wildman–Crippen LogP) is 4.15. The van der Waals surface area contributed by atoms with E-state index in [-0.39, 0.29) is 18.3 Å². The normalized spacial score (nSPS) is 14.4. The highest BCUT2D eigenvalue weighted by Gasteiger charge is 2.32. The summed E-state index contributed by atoms with van der Waals surface area (Å²) >= 11 is 0. The number of benzene rings is 2. The molecule has 0 radical (unpaired) electrons. The van der Waals surface area contributed by atoms with Crippen LogP contribution in [0.2, 0.25) is 0 Å². The number of nitrogens with one attached hydrogen (secondary N) is 1. The van der Waals surface area contributed by atoms with E-state index in [2.05, 4.69) is 48.3 Å². The molecule has 0 spiro atoms. The van der Waals surface area contributed by atoms with Crippen LogP contribution in [0, 0.1) is 6.92 Å². The summed E-state index contributed by atoms with van der Waals surface area (Å²) in [4.78, 5) is 26.8. The van der Waals surface area contributed by atoms with Crippen LogP contribution in [0.25, 0.3) is 0 Å². The van der Waals surface area contributed by atoms with E-state index < -0.39 is 5.60 Å². The largest absolute Gasteiger partial charge is 0.487 e. The highest BCUT2D eigenvalue weighted by atomic mass is 16.5. The molecule has 2 aromatic carbocycles. The number of aryl methyl sites for hydroxylation is 1. The minimum atomic E-state index is -0.501. The molecule has 1 N–H and O–H groups in total. The van der Waals surface area contributed by atoms with Gasteiger partial charge in [-0.2, -0.15) is 0 Å². The fraction of sp³-hybridized carbons (Fsp3) is 0.440. The summed E-state index contributed by atoms with van der Waals surface area (Å²) in [5, 5.41) is 2.89. The minimum Gasteiger partial charge on any atom is -0.487 e. The first-order valence-electron chi connectivity index (χ1n) is 10.8. The van der Waals surface area contributed by atoms with Gasteiger partial charge in [-0.05, 0) is 70.0 Å². The van der Waals surface area contributed by atoms with Crippen molar-refractivity contribution in [3.8, 4) is 11.5 Å². The topological polar surface area (TPSA) is 67.9 Å². The Labute approximate surface area is 184 Å². The third kappa shape index (κ3) is 6.23. The number of rotatable bonds is 9. The predicted molar refractivity (Wildman–Crippen MR) is 122 cm³/mol. The third-order valence-corrected chi connectivity index (χ3v) is 5.27. The number of ether oxygens (including phenoxy) is 2. The van der Waals surface area contributed by atoms with Crippen molar-refractivity contribution < 1.29 is 19.1 Å². The molecule has 2 aromatic rings. The lowest BCUT2D eigenvalue weighted by Gasteiger charge is -2.31. The van der Waals surface area contributed by atoms with Crippen LogP contribution < -0.4 is 19.7 Å². The van der Waals surface area contributed by atoms with Gasteiger partial charge < -0.3 is 19.7 Å². The van der Waals surface area contributed by atoms with Crippen molar-refractivity contribution >= 4 is 17.4 Å². The molecule has 0 aromatic heterocycles. The summed E-state index contributed by atoms with van der Waals surface area (Å²) < 4.78 is 11.4. The van der Waals surface area contributed by atoms with Crippen molar-refractivity contribution in [3.05, 3.63) is 53.6 Å². The quantitative estimate of drug-likeness (QED) is 0.613. The van der Waals surface area contributed by atoms with E-state index in [9.17, 15) is 9.59 Å². The summed E-state index contributed by atoms with van der Waals surface area (Å²) in [5.41, 5.74) is 2.44. The fourth-order valence-corrected chi connectivity index (χ4v) is 3.71. The van der Waals surface area contributed by atoms with Gasteiger partial charge in [-0.3, -0.25) is 9.59 Å². The number of fused-ring (bicyclic) bond motifs is 1. The first-order chi connectivity index (χ1) is 14.8. The molecule has 31 heavy (non-hydrogen) atoms. The summed E-state index contributed by atoms with van der Waals surface area (Å²) in [6, 6.07) is 13.5. The van der Waals surface area contributed by atoms with Crippen molar-refractivity contribution in [2.45, 2.75) is 46.1 Å². The fourth-order valence-electron chi connectivity index (χ4n) is 3.71. The van der Waals surface area contributed by atoms with Crippen molar-refractivity contribution in [2.75, 3.05) is 31.1 Å². The molecule has 1 aliphatic heterocycles. The summed E-state index contributed by atoms with van der Waals surface area (Å²) in [6.45, 7) is 10.3. The number of amides is 1. The Bertz CT molecular complexity index is 939. The second-order valence-corrected chi connectivity index (χ2v) is 8.53. The van der Waals surface area contributed by atoms with Crippen LogP contribution in [-0.4, -0.2) is 43.5 Å². The standard InChI is InChI=1S/C25H32N2O4/c1-5-27(19-9-6-8-18(2)14-19)13-7-12-26-24(29)17-30-20-10-11-23-21(15-20)22(28)16-25(3,4)31-23/h6,8-11,14-15H,5,7,12-13,16-17H2,1-4H3,(H,26,29). The van der Waals surface area contributed by atoms with Crippen molar-refractivity contribution in [1.82, 2.24) is 5.32 Å². The second kappa shape index (κ2) is 9.86. The smallest absolute Gasteiger partial charge is 0.257 e. The van der Waals surface area contributed by atoms with Crippen molar-refractivity contribution in [3.63, 3.8) is 0 Å². The highest BCUT2D eigenvalue weighted by Crippen LogP contribution is 2.35. The molecule has 0 saturated carbocycles. The lowest BCUT2D eigenvalue weighted by Crippen LogP contribution is -2.35. The Morgan fingerprint density at radius 2 is 2.03 bits per heavy atom. The zero-order valence-corrected chi connectivity index (χ0v) is 18.9. The average molecular weight is 425 g/mol. The van der Waals surface area contributed by atoms with Gasteiger partial charge in [0.15, 0.2) is 12.4 Å². The SMILES string of the molecule is CCN(CCCNC(=O)COc1ccc2c(c1)C(=O)CC(C)(C)O2)c1cccc(C)c1. The van der Waals surface area contributed by atoms with Crippen LogP contribution in [0.3, 0.4) is 0 Å². The molecule has 6 nitrogen and oxygen atoms in total. The number of hydrogen-bond acceptors (Lipinski definition) is 5. The second-order valence-electron chi connectivity index (χ2n) is 8.53. The zero-order valence-electron chi connectivity index (χ0n) is 18.9. The number of carbonyl (C=O) groups excluding carboxylic acids is 2. The number of Topliss-reactive ketones (excluding diaryl/α,β-unsaturated/α-hetero) is 1. The molecule has 0 unspecified atom stereocenters. The van der Waals surface area contributed by atoms with Crippen LogP contribution in [0.15, 0.2) is 42.5 Å². The molecule has 166 valence electrons. The maximum Gasteiger partial charge on any atom is 0.257 e. The van der Waals surface area contributed by atoms with E-state index in [4.69, 9.17) is 9.47 Å². The van der Waals surface area contributed by atoms with Gasteiger partial charge in [-0.1, -0.05) is 12.1 Å². The van der Waals surface area contributed by atoms with Crippen LogP contribution in [-0.2, 0) is 4.79 Å². The van der Waals surface area contributed by atoms with Gasteiger partial charge in [0.1, 0.15) is 17.1 Å². The maximum atomic E-state index is 12.3. The van der Waals surface area contributed by atoms with E-state index in [1.165, 1.54) is 11.3 Å². The Hall–Kier alpha value is -3.02. The van der Waals surface area contributed by atoms with Crippen molar-refractivity contribution in [2.24, 2.45) is 0 Å². The van der Waals surface area contributed by atoms with Gasteiger partial charge in [-0.25, -0.2) is 0 Å². The minimum absolute atomic E-state index is 0.0234. The number of ketones is 1. The molecule has 0 bridgehead atoms. The first kappa shape index (κ1) is 22.7. The van der Waals surface area contributed by atoms with Gasteiger partial charge >= 0.3 is 0 Å². The first-order valence-corrected chi connectivity index (χ1v) is 10.8. The zero-order chi connectivity index (χ0) is 22.4. The van der Waals surface area contributed by atoms with E-state index >= 15 is 0 Å². The molecule has 1 amide bonds. The van der Waals surface area contributed by atoms with E-state index in [1.54, 1.807) is 18.2 Å². The van der Waals surface area contributed by atoms with Gasteiger partial charge in [-0.15, -0.1) is 0 Å². The number of nitrogens with zero attached hydrogens (tertiary/aromatic N) is 1. The van der Waals surface area contributed by atoms with Crippen LogP contribution in [0.4, 0.5) is 5.69 Å². The molecule has 6 heteroatoms. The molecule has 0 aliphatic carbocycles. The summed E-state index contributed by atoms with van der Waals surface area (Å²) in [6.07, 6.45) is 1.16. The van der Waals surface area contributed by atoms with Crippen LogP contribution in [0.1, 0.15) is 49.5 Å². The number of hydrogen-bond donors (Lipinski definition) is 1. The molecule has 0 fully saturated rings. The van der Waals surface area contributed by atoms with Crippen LogP contribution in [0.5, 0.6) is 11.5 Å². The van der Waals surface area contributed by atoms with E-state index in [0.717, 1.165) is 19.5 Å². The molecular formula is C25H32N2O4. The van der Waals surface area contributed by atoms with Gasteiger partial charge in [0, 0.05) is 25.3 Å². The molecular weight excluding hydrogens is 392 g/mol. The lowest BCUT2D eigenvalue weighted by molar-refractivity contribution is -0.123. The van der Waals surface area contributed by atoms with Gasteiger partial charge in [0.25, 0.3) is 5.91 Å². The molecule has 0 atom stereocenters. The van der Waals surface area contributed by atoms with Gasteiger partial charge in [0.2, 0.25) is 0 Å². The lowest BCUT2D eigenvalue weighted by atomic mass is 9.93. The van der Waals surface area contributed by atoms with Gasteiger partial charge in [0.05, 0.1) is 12.0 Å². The summed E-state index contributed by atoms with van der Waals surface area (Å²) in [7, 11) is 0. The number of anilines is 1. The molecule has 1 heterocycles. The summed E-state index contributed by atoms with van der Waals surface area (Å²) in [5.74, 6) is 0.893. The highest BCUT2D eigenvalue weighted by molar-refractivity contribution is 6.00. The Kier molecular flexibility index (Phi) is 7.21. The van der Waals surface area contributed by atoms with E-state index in [0.29, 0.717) is 30.0 Å². The third-order valence-electron chi connectivity index (χ3n) is 5.27. The Morgan fingerprint density at radius 1 is 1.23 bits per heavy atom. The monoisotopic (exact) mass is 424 g/mol. The molecule has 3 rings (SSSR count). The molecule has 0 saturated heterocycles. The van der Waals surface area contributed by atoms with E-state index in [1.807, 2.05) is 13.8 Å². The molecule has 1 aliphatic rings.